The number of nitrogens with one attached hydrogen (secondary N) is 1. The van der Waals surface area contributed by atoms with Crippen LogP contribution in [0.15, 0.2) is 28.4 Å². The van der Waals surface area contributed by atoms with Crippen molar-refractivity contribution < 1.29 is 28.9 Å². The number of anilines is 2. The van der Waals surface area contributed by atoms with Crippen LogP contribution in [0.2, 0.25) is 0 Å². The highest BCUT2D eigenvalue weighted by Crippen LogP contribution is 2.45. The molecule has 0 saturated carbocycles. The average molecular weight is 561 g/mol. The van der Waals surface area contributed by atoms with Crippen molar-refractivity contribution in [3.63, 3.8) is 0 Å². The molecule has 4 aliphatic heterocycles. The van der Waals surface area contributed by atoms with Gasteiger partial charge in [-0.25, -0.2) is 24.1 Å². The molecule has 3 fully saturated rings. The van der Waals surface area contributed by atoms with E-state index in [0.29, 0.717) is 68.0 Å². The van der Waals surface area contributed by atoms with Gasteiger partial charge in [-0.2, -0.15) is 0 Å². The minimum absolute atomic E-state index is 0.00746. The lowest BCUT2D eigenvalue weighted by molar-refractivity contribution is 0.0970. The first-order valence-electron chi connectivity index (χ1n) is 13.4. The van der Waals surface area contributed by atoms with Crippen LogP contribution in [-0.2, 0) is 11.3 Å². The zero-order chi connectivity index (χ0) is 27.1. The number of hydrogen-bond donors (Lipinski definition) is 3. The van der Waals surface area contributed by atoms with Crippen LogP contribution >= 0.6 is 11.8 Å². The molecule has 1 spiro atoms. The monoisotopic (exact) mass is 560 g/mol. The number of alkyl halides is 1. The molecule has 4 aliphatic rings. The molecule has 6 heterocycles. The van der Waals surface area contributed by atoms with Crippen molar-refractivity contribution in [1.29, 1.82) is 0 Å². The molecule has 3 saturated heterocycles. The normalized spacial score (nSPS) is 27.6. The van der Waals surface area contributed by atoms with Gasteiger partial charge in [-0.3, -0.25) is 0 Å². The second kappa shape index (κ2) is 10.6. The first-order valence-corrected chi connectivity index (χ1v) is 14.2. The van der Waals surface area contributed by atoms with Crippen LogP contribution in [0.5, 0.6) is 5.75 Å². The van der Waals surface area contributed by atoms with Gasteiger partial charge in [-0.15, -0.1) is 0 Å². The molecule has 39 heavy (non-hydrogen) atoms. The molecular formula is C26H33FN6O5S. The molecule has 13 heteroatoms. The number of piperidine rings is 2. The first kappa shape index (κ1) is 26.3. The van der Waals surface area contributed by atoms with Crippen molar-refractivity contribution in [3.05, 3.63) is 24.2 Å². The van der Waals surface area contributed by atoms with Crippen LogP contribution in [0.1, 0.15) is 38.3 Å². The second-order valence-corrected chi connectivity index (χ2v) is 11.8. The standard InChI is InChI=1S/C26H33FN6O5S/c1-15-22(31-25(35)36)26(14-38-15)4-8-32(9-5-26)23-18(12-34)30-20(11-29-23)39-19-2-6-28-24-21(19)37-13-17-10-16(27)3-7-33(17)24/h2,6,11,15-17,22,31,34H,3-5,7-10,12-14H2,1H3,(H,35,36)/t15-,16-,17-,22+/m0/s1. The van der Waals surface area contributed by atoms with Gasteiger partial charge in [0, 0.05) is 37.7 Å². The molecule has 11 nitrogen and oxygen atoms in total. The van der Waals surface area contributed by atoms with Gasteiger partial charge < -0.3 is 34.8 Å². The van der Waals surface area contributed by atoms with Gasteiger partial charge in [0.2, 0.25) is 0 Å². The van der Waals surface area contributed by atoms with Crippen molar-refractivity contribution >= 4 is 29.5 Å². The Kier molecular flexibility index (Phi) is 7.15. The van der Waals surface area contributed by atoms with Crippen molar-refractivity contribution in [2.24, 2.45) is 5.41 Å². The maximum absolute atomic E-state index is 13.9. The number of rotatable bonds is 5. The Hall–Kier alpha value is -2.90. The van der Waals surface area contributed by atoms with Gasteiger partial charge in [-0.05, 0) is 32.3 Å². The fourth-order valence-corrected chi connectivity index (χ4v) is 7.26. The van der Waals surface area contributed by atoms with Crippen LogP contribution in [-0.4, -0.2) is 88.5 Å². The molecule has 0 bridgehead atoms. The van der Waals surface area contributed by atoms with Crippen LogP contribution in [0.25, 0.3) is 0 Å². The Bertz CT molecular complexity index is 1230. The molecule has 4 atom stereocenters. The molecule has 2 aromatic rings. The summed E-state index contributed by atoms with van der Waals surface area (Å²) in [7, 11) is 0. The average Bonchev–Trinajstić information content (AvgIpc) is 3.22. The van der Waals surface area contributed by atoms with E-state index in [-0.39, 0.29) is 30.2 Å². The van der Waals surface area contributed by atoms with Crippen LogP contribution in [0.4, 0.5) is 20.8 Å². The number of pyridine rings is 1. The van der Waals surface area contributed by atoms with E-state index < -0.39 is 12.3 Å². The fourth-order valence-electron chi connectivity index (χ4n) is 6.40. The van der Waals surface area contributed by atoms with Crippen molar-refractivity contribution in [3.8, 4) is 5.75 Å². The van der Waals surface area contributed by atoms with Crippen molar-refractivity contribution in [1.82, 2.24) is 20.3 Å². The summed E-state index contributed by atoms with van der Waals surface area (Å²) in [6, 6.07) is 1.61. The molecular weight excluding hydrogens is 527 g/mol. The van der Waals surface area contributed by atoms with Gasteiger partial charge >= 0.3 is 6.09 Å². The number of carboxylic acid groups (broad SMARTS) is 1. The molecule has 0 unspecified atom stereocenters. The summed E-state index contributed by atoms with van der Waals surface area (Å²) in [4.78, 5) is 30.4. The Morgan fingerprint density at radius 2 is 2.10 bits per heavy atom. The largest absolute Gasteiger partial charge is 0.486 e. The molecule has 6 rings (SSSR count). The number of aliphatic hydroxyl groups is 1. The molecule has 0 aromatic carbocycles. The van der Waals surface area contributed by atoms with Gasteiger partial charge in [0.05, 0.1) is 42.5 Å². The van der Waals surface area contributed by atoms with Gasteiger partial charge in [0.1, 0.15) is 23.5 Å². The number of carbonyl (C=O) groups is 1. The first-order chi connectivity index (χ1) is 18.9. The zero-order valence-electron chi connectivity index (χ0n) is 21.8. The SMILES string of the molecule is C[C@@H]1OCC2(CCN(c3ncc(Sc4ccnc5c4OC[C@@H]4C[C@@H](F)CCN54)nc3CO)CC2)[C@@H]1NC(=O)O. The summed E-state index contributed by atoms with van der Waals surface area (Å²) in [5.41, 5.74) is 0.233. The summed E-state index contributed by atoms with van der Waals surface area (Å²) in [6.07, 6.45) is 3.83. The lowest BCUT2D eigenvalue weighted by Gasteiger charge is -2.42. The third-order valence-electron chi connectivity index (χ3n) is 8.46. The maximum Gasteiger partial charge on any atom is 0.404 e. The molecule has 210 valence electrons. The predicted molar refractivity (Wildman–Crippen MR) is 141 cm³/mol. The van der Waals surface area contributed by atoms with Gasteiger partial charge in [0.25, 0.3) is 0 Å². The Morgan fingerprint density at radius 1 is 1.28 bits per heavy atom. The number of ether oxygens (including phenoxy) is 2. The third kappa shape index (κ3) is 4.95. The van der Waals surface area contributed by atoms with E-state index in [0.717, 1.165) is 23.6 Å². The maximum atomic E-state index is 13.9. The number of amides is 1. The number of fused-ring (bicyclic) bond motifs is 3. The highest BCUT2D eigenvalue weighted by molar-refractivity contribution is 7.99. The lowest BCUT2D eigenvalue weighted by Crippen LogP contribution is -2.54. The summed E-state index contributed by atoms with van der Waals surface area (Å²) >= 11 is 1.40. The minimum Gasteiger partial charge on any atom is -0.486 e. The summed E-state index contributed by atoms with van der Waals surface area (Å²) in [5, 5.41) is 22.8. The third-order valence-corrected chi connectivity index (χ3v) is 9.41. The number of nitrogens with zero attached hydrogens (tertiary/aromatic N) is 5. The Labute approximate surface area is 230 Å². The quantitative estimate of drug-likeness (QED) is 0.499. The highest BCUT2D eigenvalue weighted by atomic mass is 32.2. The van der Waals surface area contributed by atoms with Gasteiger partial charge in [0.15, 0.2) is 17.4 Å². The Balaban J connectivity index is 1.17. The van der Waals surface area contributed by atoms with Crippen LogP contribution in [0, 0.1) is 5.41 Å². The Morgan fingerprint density at radius 3 is 2.87 bits per heavy atom. The second-order valence-electron chi connectivity index (χ2n) is 10.8. The molecule has 3 N–H and O–H groups in total. The van der Waals surface area contributed by atoms with Crippen LogP contribution < -0.4 is 19.9 Å². The zero-order valence-corrected chi connectivity index (χ0v) is 22.6. The summed E-state index contributed by atoms with van der Waals surface area (Å²) < 4.78 is 25.8. The molecule has 1 amide bonds. The van der Waals surface area contributed by atoms with E-state index in [9.17, 15) is 19.4 Å². The van der Waals surface area contributed by atoms with E-state index in [1.807, 2.05) is 13.0 Å². The number of aliphatic hydroxyl groups excluding tert-OH is 1. The van der Waals surface area contributed by atoms with Gasteiger partial charge in [-0.1, -0.05) is 11.8 Å². The van der Waals surface area contributed by atoms with E-state index in [2.05, 4.69) is 25.1 Å². The number of aromatic nitrogens is 3. The highest BCUT2D eigenvalue weighted by Gasteiger charge is 2.50. The summed E-state index contributed by atoms with van der Waals surface area (Å²) in [6.45, 7) is 4.51. The molecule has 0 radical (unpaired) electrons. The number of halogens is 1. The lowest BCUT2D eigenvalue weighted by atomic mass is 9.73. The van der Waals surface area contributed by atoms with Crippen molar-refractivity contribution in [2.75, 3.05) is 42.6 Å². The van der Waals surface area contributed by atoms with E-state index in [1.165, 1.54) is 11.8 Å². The topological polar surface area (TPSA) is 133 Å². The minimum atomic E-state index is -1.04. The smallest absolute Gasteiger partial charge is 0.404 e. The molecule has 0 aliphatic carbocycles. The van der Waals surface area contributed by atoms with E-state index in [4.69, 9.17) is 14.5 Å². The van der Waals surface area contributed by atoms with Crippen LogP contribution in [0.3, 0.4) is 0 Å². The van der Waals surface area contributed by atoms with E-state index in [1.54, 1.807) is 12.4 Å². The predicted octanol–water partition coefficient (Wildman–Crippen LogP) is 2.86. The van der Waals surface area contributed by atoms with E-state index >= 15 is 0 Å². The number of hydrogen-bond acceptors (Lipinski definition) is 10. The summed E-state index contributed by atoms with van der Waals surface area (Å²) in [5.74, 6) is 2.04. The fraction of sp³-hybridized carbons (Fsp3) is 0.615. The van der Waals surface area contributed by atoms with Crippen molar-refractivity contribution in [2.45, 2.75) is 73.5 Å². The molecule has 2 aromatic heterocycles.